The number of hydrazine groups is 1. The minimum absolute atomic E-state index is 0.0369. The molecule has 1 fully saturated rings. The topological polar surface area (TPSA) is 50.4 Å². The van der Waals surface area contributed by atoms with Gasteiger partial charge in [0, 0.05) is 5.92 Å². The number of amidine groups is 1. The number of nitrogens with zero attached hydrogens (tertiary/aromatic N) is 1. The van der Waals surface area contributed by atoms with Crippen LogP contribution in [0.25, 0.3) is 0 Å². The Labute approximate surface area is 80.8 Å². The fraction of sp³-hybridized carbons (Fsp3) is 0.900. The number of nitrogens with one attached hydrogen (secondary N) is 1. The van der Waals surface area contributed by atoms with Crippen molar-refractivity contribution in [3.63, 3.8) is 0 Å². The first-order chi connectivity index (χ1) is 5.94. The van der Waals surface area contributed by atoms with E-state index in [0.29, 0.717) is 5.92 Å². The van der Waals surface area contributed by atoms with Gasteiger partial charge in [0.1, 0.15) is 5.84 Å². The van der Waals surface area contributed by atoms with E-state index >= 15 is 0 Å². The molecule has 1 rings (SSSR count). The standard InChI is InChI=1S/C10H21N3/c1-7(8-5-6-8)9(13-11)12-10(2,3)4/h7-8H,5-6,11H2,1-4H3,(H,12,13). The van der Waals surface area contributed by atoms with E-state index in [9.17, 15) is 0 Å². The van der Waals surface area contributed by atoms with Crippen molar-refractivity contribution in [2.24, 2.45) is 22.7 Å². The maximum absolute atomic E-state index is 5.47. The van der Waals surface area contributed by atoms with Gasteiger partial charge in [-0.25, -0.2) is 5.84 Å². The van der Waals surface area contributed by atoms with Crippen LogP contribution in [0.2, 0.25) is 0 Å². The SMILES string of the molecule is CC(C(=NC(C)(C)C)NN)C1CC1. The summed E-state index contributed by atoms with van der Waals surface area (Å²) in [5.41, 5.74) is 2.69. The van der Waals surface area contributed by atoms with Gasteiger partial charge in [0.25, 0.3) is 0 Å². The third-order valence-corrected chi connectivity index (χ3v) is 2.36. The zero-order valence-electron chi connectivity index (χ0n) is 9.09. The maximum Gasteiger partial charge on any atom is 0.114 e. The highest BCUT2D eigenvalue weighted by Crippen LogP contribution is 2.37. The normalized spacial score (nSPS) is 21.5. The Kier molecular flexibility index (Phi) is 2.96. The predicted octanol–water partition coefficient (Wildman–Crippen LogP) is 1.69. The third kappa shape index (κ3) is 3.35. The molecule has 0 aromatic rings. The van der Waals surface area contributed by atoms with Crippen LogP contribution >= 0.6 is 0 Å². The molecule has 3 N–H and O–H groups in total. The van der Waals surface area contributed by atoms with Crippen LogP contribution < -0.4 is 11.3 Å². The fourth-order valence-corrected chi connectivity index (χ4v) is 1.45. The number of nitrogens with two attached hydrogens (primary N) is 1. The first-order valence-corrected chi connectivity index (χ1v) is 5.00. The lowest BCUT2D eigenvalue weighted by Gasteiger charge is -2.19. The molecule has 1 atom stereocenters. The van der Waals surface area contributed by atoms with Crippen LogP contribution in [0.3, 0.4) is 0 Å². The molecule has 0 heterocycles. The van der Waals surface area contributed by atoms with E-state index in [2.05, 4.69) is 38.1 Å². The van der Waals surface area contributed by atoms with Gasteiger partial charge in [-0.2, -0.15) is 0 Å². The molecule has 0 aromatic carbocycles. The molecule has 3 nitrogen and oxygen atoms in total. The van der Waals surface area contributed by atoms with E-state index in [1.165, 1.54) is 12.8 Å². The van der Waals surface area contributed by atoms with Crippen molar-refractivity contribution in [1.29, 1.82) is 0 Å². The molecule has 1 aliphatic rings. The molecule has 0 radical (unpaired) electrons. The van der Waals surface area contributed by atoms with E-state index in [-0.39, 0.29) is 5.54 Å². The summed E-state index contributed by atoms with van der Waals surface area (Å²) >= 11 is 0. The Morgan fingerprint density at radius 2 is 2.00 bits per heavy atom. The molecule has 3 heteroatoms. The minimum atomic E-state index is -0.0369. The second-order valence-corrected chi connectivity index (χ2v) is 4.94. The first-order valence-electron chi connectivity index (χ1n) is 5.00. The summed E-state index contributed by atoms with van der Waals surface area (Å²) in [4.78, 5) is 4.57. The fourth-order valence-electron chi connectivity index (χ4n) is 1.45. The van der Waals surface area contributed by atoms with Crippen LogP contribution in [0.15, 0.2) is 4.99 Å². The van der Waals surface area contributed by atoms with Crippen LogP contribution in [-0.2, 0) is 0 Å². The van der Waals surface area contributed by atoms with Crippen LogP contribution in [0.5, 0.6) is 0 Å². The van der Waals surface area contributed by atoms with Gasteiger partial charge in [-0.05, 0) is 39.5 Å². The number of rotatable bonds is 2. The largest absolute Gasteiger partial charge is 0.312 e. The number of hydrogen-bond acceptors (Lipinski definition) is 2. The predicted molar refractivity (Wildman–Crippen MR) is 56.4 cm³/mol. The van der Waals surface area contributed by atoms with Crippen molar-refractivity contribution in [2.45, 2.75) is 46.1 Å². The van der Waals surface area contributed by atoms with Gasteiger partial charge in [0.05, 0.1) is 5.54 Å². The Hall–Kier alpha value is -0.570. The Balaban J connectivity index is 2.64. The summed E-state index contributed by atoms with van der Waals surface area (Å²) in [6.45, 7) is 8.46. The first kappa shape index (κ1) is 10.5. The van der Waals surface area contributed by atoms with Crippen molar-refractivity contribution in [3.05, 3.63) is 0 Å². The lowest BCUT2D eigenvalue weighted by Crippen LogP contribution is -2.38. The average Bonchev–Trinajstić information content (AvgIpc) is 2.79. The molecule has 0 bridgehead atoms. The summed E-state index contributed by atoms with van der Waals surface area (Å²) in [5, 5.41) is 0. The van der Waals surface area contributed by atoms with Gasteiger partial charge in [0.15, 0.2) is 0 Å². The molecule has 0 aromatic heterocycles. The molecule has 1 saturated carbocycles. The number of aliphatic imine (C=N–C) groups is 1. The van der Waals surface area contributed by atoms with Gasteiger partial charge in [-0.15, -0.1) is 0 Å². The van der Waals surface area contributed by atoms with Crippen molar-refractivity contribution in [2.75, 3.05) is 0 Å². The molecule has 76 valence electrons. The summed E-state index contributed by atoms with van der Waals surface area (Å²) in [6.07, 6.45) is 2.65. The molecule has 0 saturated heterocycles. The van der Waals surface area contributed by atoms with E-state index in [1.54, 1.807) is 0 Å². The minimum Gasteiger partial charge on any atom is -0.312 e. The Morgan fingerprint density at radius 3 is 2.31 bits per heavy atom. The molecule has 1 aliphatic carbocycles. The van der Waals surface area contributed by atoms with E-state index in [0.717, 1.165) is 11.8 Å². The van der Waals surface area contributed by atoms with Crippen LogP contribution in [0, 0.1) is 11.8 Å². The van der Waals surface area contributed by atoms with Gasteiger partial charge in [-0.3, -0.25) is 4.99 Å². The highest BCUT2D eigenvalue weighted by atomic mass is 15.3. The van der Waals surface area contributed by atoms with Gasteiger partial charge < -0.3 is 5.43 Å². The summed E-state index contributed by atoms with van der Waals surface area (Å²) < 4.78 is 0. The van der Waals surface area contributed by atoms with Crippen molar-refractivity contribution < 1.29 is 0 Å². The van der Waals surface area contributed by atoms with Gasteiger partial charge in [-0.1, -0.05) is 6.92 Å². The lowest BCUT2D eigenvalue weighted by molar-refractivity contribution is 0.555. The smallest absolute Gasteiger partial charge is 0.114 e. The second kappa shape index (κ2) is 3.66. The Bertz CT molecular complexity index is 199. The molecular formula is C10H21N3. The van der Waals surface area contributed by atoms with Crippen molar-refractivity contribution >= 4 is 5.84 Å². The average molecular weight is 183 g/mol. The van der Waals surface area contributed by atoms with E-state index in [1.807, 2.05) is 0 Å². The zero-order chi connectivity index (χ0) is 10.1. The highest BCUT2D eigenvalue weighted by Gasteiger charge is 2.31. The second-order valence-electron chi connectivity index (χ2n) is 4.94. The van der Waals surface area contributed by atoms with Gasteiger partial charge >= 0.3 is 0 Å². The summed E-state index contributed by atoms with van der Waals surface area (Å²) in [6, 6.07) is 0. The van der Waals surface area contributed by atoms with Crippen LogP contribution in [0.4, 0.5) is 0 Å². The highest BCUT2D eigenvalue weighted by molar-refractivity contribution is 5.84. The van der Waals surface area contributed by atoms with E-state index < -0.39 is 0 Å². The molecule has 0 aliphatic heterocycles. The van der Waals surface area contributed by atoms with Gasteiger partial charge in [0.2, 0.25) is 0 Å². The third-order valence-electron chi connectivity index (χ3n) is 2.36. The molecular weight excluding hydrogens is 162 g/mol. The zero-order valence-corrected chi connectivity index (χ0v) is 9.09. The monoisotopic (exact) mass is 183 g/mol. The summed E-state index contributed by atoms with van der Waals surface area (Å²) in [7, 11) is 0. The summed E-state index contributed by atoms with van der Waals surface area (Å²) in [5.74, 6) is 7.71. The maximum atomic E-state index is 5.47. The number of hydrogen-bond donors (Lipinski definition) is 2. The van der Waals surface area contributed by atoms with Crippen molar-refractivity contribution in [1.82, 2.24) is 5.43 Å². The molecule has 0 spiro atoms. The van der Waals surface area contributed by atoms with E-state index in [4.69, 9.17) is 5.84 Å². The molecule has 1 unspecified atom stereocenters. The van der Waals surface area contributed by atoms with Crippen LogP contribution in [0.1, 0.15) is 40.5 Å². The lowest BCUT2D eigenvalue weighted by atomic mass is 10.0. The Morgan fingerprint density at radius 1 is 1.46 bits per heavy atom. The van der Waals surface area contributed by atoms with Crippen LogP contribution in [-0.4, -0.2) is 11.4 Å². The molecule has 0 amide bonds. The molecule has 13 heavy (non-hydrogen) atoms. The quantitative estimate of drug-likeness (QED) is 0.296. The van der Waals surface area contributed by atoms with Crippen molar-refractivity contribution in [3.8, 4) is 0 Å².